The number of hydrogen-bond acceptors (Lipinski definition) is 4. The minimum Gasteiger partial charge on any atom is -0.367 e. The van der Waals surface area contributed by atoms with E-state index in [0.29, 0.717) is 40.7 Å². The Kier molecular flexibility index (Phi) is 4.88. The zero-order valence-electron chi connectivity index (χ0n) is 16.5. The lowest BCUT2D eigenvalue weighted by Crippen LogP contribution is -2.59. The van der Waals surface area contributed by atoms with E-state index in [9.17, 15) is 18.0 Å². The third-order valence-electron chi connectivity index (χ3n) is 5.35. The lowest BCUT2D eigenvalue weighted by atomic mass is 10.1. The van der Waals surface area contributed by atoms with Crippen LogP contribution in [0.5, 0.6) is 0 Å². The van der Waals surface area contributed by atoms with Crippen molar-refractivity contribution >= 4 is 34.2 Å². The van der Waals surface area contributed by atoms with Gasteiger partial charge in [-0.05, 0) is 37.6 Å². The molecule has 0 spiro atoms. The van der Waals surface area contributed by atoms with Crippen molar-refractivity contribution in [1.29, 1.82) is 0 Å². The number of rotatable bonds is 3. The van der Waals surface area contributed by atoms with Crippen LogP contribution in [0.4, 0.5) is 18.9 Å². The molecular weight excluding hydrogens is 419 g/mol. The standard InChI is InChI=1S/C20H19ClF3N5O/c1-10-17(21)11(2)26-14-7-15(28(3)18(10)14)19(30)27-12-8-29(9-12)13-4-5-25-16(6-13)20(22,23)24/h4-7,12H,8-9H2,1-3H3,(H,27,30). The van der Waals surface area contributed by atoms with Gasteiger partial charge in [-0.3, -0.25) is 9.78 Å². The SMILES string of the molecule is Cc1nc2cc(C(=O)NC3CN(c4ccnc(C(F)(F)F)c4)C3)n(C)c2c(C)c1Cl. The van der Waals surface area contributed by atoms with E-state index >= 15 is 0 Å². The largest absolute Gasteiger partial charge is 0.433 e. The molecule has 0 aromatic carbocycles. The highest BCUT2D eigenvalue weighted by Crippen LogP contribution is 2.31. The summed E-state index contributed by atoms with van der Waals surface area (Å²) in [6.45, 7) is 4.53. The van der Waals surface area contributed by atoms with Gasteiger partial charge in [0.15, 0.2) is 0 Å². The van der Waals surface area contributed by atoms with Crippen LogP contribution in [0.15, 0.2) is 24.4 Å². The predicted molar refractivity (Wildman–Crippen MR) is 108 cm³/mol. The summed E-state index contributed by atoms with van der Waals surface area (Å²) in [5.41, 5.74) is 2.98. The molecule has 1 N–H and O–H groups in total. The number of halogens is 4. The number of alkyl halides is 3. The highest BCUT2D eigenvalue weighted by atomic mass is 35.5. The summed E-state index contributed by atoms with van der Waals surface area (Å²) in [4.78, 5) is 22.4. The van der Waals surface area contributed by atoms with Crippen LogP contribution in [-0.4, -0.2) is 39.6 Å². The second-order valence-electron chi connectivity index (χ2n) is 7.43. The van der Waals surface area contributed by atoms with Gasteiger partial charge in [0.25, 0.3) is 5.91 Å². The molecule has 1 aliphatic rings. The molecule has 30 heavy (non-hydrogen) atoms. The molecule has 0 atom stereocenters. The molecule has 1 aliphatic heterocycles. The predicted octanol–water partition coefficient (Wildman–Crippen LogP) is 3.88. The summed E-state index contributed by atoms with van der Waals surface area (Å²) >= 11 is 6.29. The molecule has 0 aliphatic carbocycles. The number of carbonyl (C=O) groups excluding carboxylic acids is 1. The van der Waals surface area contributed by atoms with Crippen LogP contribution in [-0.2, 0) is 13.2 Å². The summed E-state index contributed by atoms with van der Waals surface area (Å²) in [6.07, 6.45) is -3.35. The molecule has 1 amide bonds. The number of amides is 1. The summed E-state index contributed by atoms with van der Waals surface area (Å²) in [7, 11) is 1.78. The number of hydrogen-bond donors (Lipinski definition) is 1. The maximum Gasteiger partial charge on any atom is 0.433 e. The molecule has 0 radical (unpaired) electrons. The Bertz CT molecular complexity index is 1150. The Balaban J connectivity index is 1.47. The minimum atomic E-state index is -4.49. The molecule has 4 rings (SSSR count). The van der Waals surface area contributed by atoms with Crippen molar-refractivity contribution in [1.82, 2.24) is 19.9 Å². The van der Waals surface area contributed by atoms with Crippen LogP contribution in [0.1, 0.15) is 27.4 Å². The van der Waals surface area contributed by atoms with Gasteiger partial charge in [-0.25, -0.2) is 4.98 Å². The number of carbonyl (C=O) groups is 1. The van der Waals surface area contributed by atoms with Crippen molar-refractivity contribution in [2.24, 2.45) is 7.05 Å². The van der Waals surface area contributed by atoms with Gasteiger partial charge < -0.3 is 14.8 Å². The molecule has 0 saturated carbocycles. The number of aryl methyl sites for hydroxylation is 3. The first-order chi connectivity index (χ1) is 14.1. The van der Waals surface area contributed by atoms with E-state index in [0.717, 1.165) is 23.3 Å². The lowest BCUT2D eigenvalue weighted by Gasteiger charge is -2.41. The summed E-state index contributed by atoms with van der Waals surface area (Å²) in [5.74, 6) is -0.265. The molecule has 1 fully saturated rings. The van der Waals surface area contributed by atoms with Gasteiger partial charge in [-0.15, -0.1) is 0 Å². The van der Waals surface area contributed by atoms with E-state index in [-0.39, 0.29) is 11.9 Å². The number of fused-ring (bicyclic) bond motifs is 1. The average molecular weight is 438 g/mol. The van der Waals surface area contributed by atoms with Gasteiger partial charge in [-0.1, -0.05) is 11.6 Å². The van der Waals surface area contributed by atoms with Crippen LogP contribution >= 0.6 is 11.6 Å². The van der Waals surface area contributed by atoms with Crippen molar-refractivity contribution in [3.63, 3.8) is 0 Å². The molecule has 0 unspecified atom stereocenters. The van der Waals surface area contributed by atoms with Gasteiger partial charge in [-0.2, -0.15) is 13.2 Å². The first-order valence-corrected chi connectivity index (χ1v) is 9.65. The minimum absolute atomic E-state index is 0.169. The maximum absolute atomic E-state index is 12.8. The summed E-state index contributed by atoms with van der Waals surface area (Å²) < 4.78 is 40.3. The van der Waals surface area contributed by atoms with Crippen molar-refractivity contribution < 1.29 is 18.0 Å². The summed E-state index contributed by atoms with van der Waals surface area (Å²) in [6, 6.07) is 4.09. The molecule has 3 aromatic heterocycles. The zero-order valence-corrected chi connectivity index (χ0v) is 17.3. The maximum atomic E-state index is 12.8. The van der Waals surface area contributed by atoms with Gasteiger partial charge in [0.2, 0.25) is 0 Å². The van der Waals surface area contributed by atoms with Crippen LogP contribution in [0.25, 0.3) is 11.0 Å². The third kappa shape index (κ3) is 3.47. The fourth-order valence-corrected chi connectivity index (χ4v) is 3.88. The zero-order chi connectivity index (χ0) is 21.8. The molecule has 10 heteroatoms. The lowest BCUT2D eigenvalue weighted by molar-refractivity contribution is -0.141. The highest BCUT2D eigenvalue weighted by molar-refractivity contribution is 6.32. The molecule has 158 valence electrons. The number of nitrogens with one attached hydrogen (secondary N) is 1. The van der Waals surface area contributed by atoms with Crippen molar-refractivity contribution in [3.05, 3.63) is 52.1 Å². The van der Waals surface area contributed by atoms with Crippen LogP contribution < -0.4 is 10.2 Å². The molecular formula is C20H19ClF3N5O. The number of anilines is 1. The fourth-order valence-electron chi connectivity index (χ4n) is 3.75. The molecule has 4 heterocycles. The Morgan fingerprint density at radius 2 is 1.97 bits per heavy atom. The molecule has 6 nitrogen and oxygen atoms in total. The van der Waals surface area contributed by atoms with Gasteiger partial charge in [0.1, 0.15) is 11.4 Å². The van der Waals surface area contributed by atoms with E-state index in [1.54, 1.807) is 22.6 Å². The monoisotopic (exact) mass is 437 g/mol. The van der Waals surface area contributed by atoms with Gasteiger partial charge >= 0.3 is 6.18 Å². The van der Waals surface area contributed by atoms with Crippen LogP contribution in [0.3, 0.4) is 0 Å². The first-order valence-electron chi connectivity index (χ1n) is 9.27. The quantitative estimate of drug-likeness (QED) is 0.675. The molecule has 1 saturated heterocycles. The Morgan fingerprint density at radius 3 is 2.63 bits per heavy atom. The third-order valence-corrected chi connectivity index (χ3v) is 5.91. The smallest absolute Gasteiger partial charge is 0.367 e. The first kappa shape index (κ1) is 20.5. The Hall–Kier alpha value is -2.81. The van der Waals surface area contributed by atoms with E-state index in [1.165, 1.54) is 6.07 Å². The number of pyridine rings is 2. The second-order valence-corrected chi connectivity index (χ2v) is 7.81. The van der Waals surface area contributed by atoms with Crippen molar-refractivity contribution in [2.45, 2.75) is 26.1 Å². The van der Waals surface area contributed by atoms with Crippen molar-refractivity contribution in [3.8, 4) is 0 Å². The Morgan fingerprint density at radius 1 is 1.27 bits per heavy atom. The normalized spacial score (nSPS) is 14.8. The Labute approximate surface area is 175 Å². The van der Waals surface area contributed by atoms with Crippen LogP contribution in [0, 0.1) is 13.8 Å². The summed E-state index contributed by atoms with van der Waals surface area (Å²) in [5, 5.41) is 3.50. The van der Waals surface area contributed by atoms with Crippen LogP contribution in [0.2, 0.25) is 5.02 Å². The highest BCUT2D eigenvalue weighted by Gasteiger charge is 2.35. The fraction of sp³-hybridized carbons (Fsp3) is 0.350. The van der Waals surface area contributed by atoms with E-state index in [4.69, 9.17) is 11.6 Å². The van der Waals surface area contributed by atoms with E-state index in [1.807, 2.05) is 13.8 Å². The molecule has 0 bridgehead atoms. The number of nitrogens with zero attached hydrogens (tertiary/aromatic N) is 4. The van der Waals surface area contributed by atoms with Crippen molar-refractivity contribution in [2.75, 3.05) is 18.0 Å². The topological polar surface area (TPSA) is 63.1 Å². The van der Waals surface area contributed by atoms with Gasteiger partial charge in [0.05, 0.1) is 27.8 Å². The van der Waals surface area contributed by atoms with Gasteiger partial charge in [0, 0.05) is 32.0 Å². The molecule has 3 aromatic rings. The number of aromatic nitrogens is 3. The second kappa shape index (κ2) is 7.16. The van der Waals surface area contributed by atoms with E-state index in [2.05, 4.69) is 15.3 Å². The van der Waals surface area contributed by atoms with E-state index < -0.39 is 11.9 Å². The average Bonchev–Trinajstić information content (AvgIpc) is 2.98.